The second-order valence-corrected chi connectivity index (χ2v) is 6.81. The zero-order valence-corrected chi connectivity index (χ0v) is 13.6. The van der Waals surface area contributed by atoms with Gasteiger partial charge in [-0.05, 0) is 37.4 Å². The van der Waals surface area contributed by atoms with E-state index in [0.717, 1.165) is 30.8 Å². The van der Waals surface area contributed by atoms with Gasteiger partial charge in [0.2, 0.25) is 0 Å². The van der Waals surface area contributed by atoms with Crippen molar-refractivity contribution in [2.75, 3.05) is 13.1 Å². The van der Waals surface area contributed by atoms with Crippen molar-refractivity contribution in [2.45, 2.75) is 32.4 Å². The second-order valence-electron chi connectivity index (χ2n) is 5.89. The van der Waals surface area contributed by atoms with E-state index in [1.807, 2.05) is 17.6 Å². The molecule has 0 unspecified atom stereocenters. The molecule has 1 fully saturated rings. The molecule has 3 aromatic rings. The van der Waals surface area contributed by atoms with Crippen LogP contribution in [0.1, 0.15) is 30.8 Å². The van der Waals surface area contributed by atoms with Gasteiger partial charge in [-0.1, -0.05) is 11.6 Å². The van der Waals surface area contributed by atoms with Gasteiger partial charge in [0, 0.05) is 6.54 Å². The summed E-state index contributed by atoms with van der Waals surface area (Å²) in [7, 11) is 0. The van der Waals surface area contributed by atoms with Gasteiger partial charge in [0.05, 0.1) is 17.4 Å². The lowest BCUT2D eigenvalue weighted by atomic mass is 10.1. The molecule has 0 radical (unpaired) electrons. The van der Waals surface area contributed by atoms with Gasteiger partial charge in [0.25, 0.3) is 5.56 Å². The molecule has 0 aliphatic carbocycles. The summed E-state index contributed by atoms with van der Waals surface area (Å²) in [4.78, 5) is 21.7. The Morgan fingerprint density at radius 2 is 2.09 bits per heavy atom. The Labute approximate surface area is 137 Å². The van der Waals surface area contributed by atoms with Crippen molar-refractivity contribution in [3.8, 4) is 0 Å². The maximum Gasteiger partial charge on any atom is 0.268 e. The normalized spacial score (nSPS) is 16.2. The van der Waals surface area contributed by atoms with Crippen LogP contribution < -0.4 is 5.56 Å². The minimum atomic E-state index is -0.0892. The lowest BCUT2D eigenvalue weighted by molar-refractivity contribution is 0.218. The highest BCUT2D eigenvalue weighted by atomic mass is 32.1. The fraction of sp³-hybridized carbons (Fsp3) is 0.467. The third kappa shape index (κ3) is 3.18. The zero-order chi connectivity index (χ0) is 15.6. The molecule has 4 rings (SSSR count). The number of nitrogens with zero attached hydrogens (tertiary/aromatic N) is 5. The van der Waals surface area contributed by atoms with Crippen LogP contribution in [0.3, 0.4) is 0 Å². The van der Waals surface area contributed by atoms with Gasteiger partial charge >= 0.3 is 0 Å². The first-order valence-corrected chi connectivity index (χ1v) is 8.74. The highest BCUT2D eigenvalue weighted by molar-refractivity contribution is 7.17. The van der Waals surface area contributed by atoms with E-state index in [1.165, 1.54) is 30.6 Å². The molecule has 1 aliphatic heterocycles. The third-order valence-electron chi connectivity index (χ3n) is 4.10. The molecule has 0 saturated carbocycles. The van der Waals surface area contributed by atoms with E-state index in [2.05, 4.69) is 25.2 Å². The van der Waals surface area contributed by atoms with Crippen LogP contribution in [0.2, 0.25) is 0 Å². The van der Waals surface area contributed by atoms with Gasteiger partial charge in [-0.2, -0.15) is 0 Å². The van der Waals surface area contributed by atoms with Crippen LogP contribution in [0.15, 0.2) is 22.4 Å². The van der Waals surface area contributed by atoms with Crippen LogP contribution >= 0.6 is 11.3 Å². The molecule has 23 heavy (non-hydrogen) atoms. The van der Waals surface area contributed by atoms with Crippen LogP contribution in [-0.4, -0.2) is 43.0 Å². The quantitative estimate of drug-likeness (QED) is 0.786. The average molecular weight is 330 g/mol. The molecule has 8 heteroatoms. The van der Waals surface area contributed by atoms with Crippen molar-refractivity contribution < 1.29 is 0 Å². The Morgan fingerprint density at radius 3 is 2.96 bits per heavy atom. The molecule has 0 bridgehead atoms. The summed E-state index contributed by atoms with van der Waals surface area (Å²) in [6, 6.07) is 1.86. The van der Waals surface area contributed by atoms with Crippen LogP contribution in [0.5, 0.6) is 0 Å². The number of thiophene rings is 1. The maximum absolute atomic E-state index is 12.0. The van der Waals surface area contributed by atoms with E-state index >= 15 is 0 Å². The number of aromatic nitrogens is 5. The maximum atomic E-state index is 12.0. The largest absolute Gasteiger partial charge is 0.308 e. The Morgan fingerprint density at radius 1 is 1.22 bits per heavy atom. The molecule has 7 nitrogen and oxygen atoms in total. The fourth-order valence-corrected chi connectivity index (χ4v) is 3.71. The van der Waals surface area contributed by atoms with Gasteiger partial charge < -0.3 is 4.98 Å². The molecule has 1 N–H and O–H groups in total. The van der Waals surface area contributed by atoms with E-state index in [-0.39, 0.29) is 5.56 Å². The van der Waals surface area contributed by atoms with E-state index in [1.54, 1.807) is 4.68 Å². The molecule has 0 atom stereocenters. The van der Waals surface area contributed by atoms with Gasteiger partial charge in [0.15, 0.2) is 0 Å². The standard InChI is InChI=1S/C15H18N6OS/c22-15-14-12(4-7-23-14)16-13(17-15)10-21-9-11(18-19-21)8-20-5-2-1-3-6-20/h4,7,9H,1-3,5-6,8,10H2,(H,16,17,22). The van der Waals surface area contributed by atoms with E-state index < -0.39 is 0 Å². The number of H-pyrrole nitrogens is 1. The summed E-state index contributed by atoms with van der Waals surface area (Å²) >= 11 is 1.41. The second kappa shape index (κ2) is 6.21. The minimum Gasteiger partial charge on any atom is -0.308 e. The predicted octanol–water partition coefficient (Wildman–Crippen LogP) is 1.61. The number of hydrogen-bond acceptors (Lipinski definition) is 6. The van der Waals surface area contributed by atoms with Crippen molar-refractivity contribution in [3.63, 3.8) is 0 Å². The summed E-state index contributed by atoms with van der Waals surface area (Å²) in [5.74, 6) is 0.607. The Bertz CT molecular complexity index is 860. The average Bonchev–Trinajstić information content (AvgIpc) is 3.18. The number of likely N-dealkylation sites (tertiary alicyclic amines) is 1. The number of aromatic amines is 1. The Kier molecular flexibility index (Phi) is 3.92. The first-order chi connectivity index (χ1) is 11.3. The summed E-state index contributed by atoms with van der Waals surface area (Å²) in [6.07, 6.45) is 5.79. The van der Waals surface area contributed by atoms with Gasteiger partial charge in [-0.3, -0.25) is 9.69 Å². The minimum absolute atomic E-state index is 0.0892. The Balaban J connectivity index is 1.48. The van der Waals surface area contributed by atoms with Crippen molar-refractivity contribution in [1.29, 1.82) is 0 Å². The topological polar surface area (TPSA) is 79.7 Å². The van der Waals surface area contributed by atoms with E-state index in [4.69, 9.17) is 0 Å². The molecule has 1 aliphatic rings. The van der Waals surface area contributed by atoms with Gasteiger partial charge in [-0.15, -0.1) is 16.4 Å². The van der Waals surface area contributed by atoms with Crippen LogP contribution in [0, 0.1) is 0 Å². The smallest absolute Gasteiger partial charge is 0.268 e. The molecule has 1 saturated heterocycles. The number of piperidine rings is 1. The van der Waals surface area contributed by atoms with Gasteiger partial charge in [0.1, 0.15) is 17.1 Å². The van der Waals surface area contributed by atoms with Gasteiger partial charge in [-0.25, -0.2) is 9.67 Å². The highest BCUT2D eigenvalue weighted by Gasteiger charge is 2.13. The molecular formula is C15H18N6OS. The zero-order valence-electron chi connectivity index (χ0n) is 12.7. The molecule has 3 aromatic heterocycles. The number of nitrogens with one attached hydrogen (secondary N) is 1. The lowest BCUT2D eigenvalue weighted by Crippen LogP contribution is -2.29. The number of fused-ring (bicyclic) bond motifs is 1. The van der Waals surface area contributed by atoms with E-state index in [0.29, 0.717) is 17.1 Å². The fourth-order valence-electron chi connectivity index (χ4n) is 2.98. The lowest BCUT2D eigenvalue weighted by Gasteiger charge is -2.25. The predicted molar refractivity (Wildman–Crippen MR) is 88.5 cm³/mol. The molecule has 120 valence electrons. The number of hydrogen-bond donors (Lipinski definition) is 1. The SMILES string of the molecule is O=c1[nH]c(Cn2cc(CN3CCCCC3)nn2)nc2ccsc12. The van der Waals surface area contributed by atoms with Crippen LogP contribution in [-0.2, 0) is 13.1 Å². The first kappa shape index (κ1) is 14.5. The molecule has 0 amide bonds. The first-order valence-electron chi connectivity index (χ1n) is 7.86. The van der Waals surface area contributed by atoms with Crippen molar-refractivity contribution >= 4 is 21.6 Å². The third-order valence-corrected chi connectivity index (χ3v) is 5.00. The van der Waals surface area contributed by atoms with Crippen molar-refractivity contribution in [1.82, 2.24) is 29.9 Å². The van der Waals surface area contributed by atoms with Crippen LogP contribution in [0.25, 0.3) is 10.2 Å². The van der Waals surface area contributed by atoms with E-state index in [9.17, 15) is 4.79 Å². The van der Waals surface area contributed by atoms with Crippen LogP contribution in [0.4, 0.5) is 0 Å². The van der Waals surface area contributed by atoms with Crippen molar-refractivity contribution in [3.05, 3.63) is 39.5 Å². The summed E-state index contributed by atoms with van der Waals surface area (Å²) in [5.41, 5.74) is 1.61. The molecule has 0 spiro atoms. The van der Waals surface area contributed by atoms with Crippen molar-refractivity contribution in [2.24, 2.45) is 0 Å². The number of rotatable bonds is 4. The molecule has 0 aromatic carbocycles. The summed E-state index contributed by atoms with van der Waals surface area (Å²) < 4.78 is 2.40. The monoisotopic (exact) mass is 330 g/mol. The summed E-state index contributed by atoms with van der Waals surface area (Å²) in [5, 5.41) is 10.3. The highest BCUT2D eigenvalue weighted by Crippen LogP contribution is 2.14. The molecular weight excluding hydrogens is 312 g/mol. The molecule has 4 heterocycles. The summed E-state index contributed by atoms with van der Waals surface area (Å²) in [6.45, 7) is 3.54. The Hall–Kier alpha value is -2.06.